The largest absolute Gasteiger partial charge is 0.357 e. The summed E-state index contributed by atoms with van der Waals surface area (Å²) in [6.45, 7) is 10.7. The van der Waals surface area contributed by atoms with Gasteiger partial charge in [0.05, 0.1) is 5.69 Å². The lowest BCUT2D eigenvalue weighted by Crippen LogP contribution is -2.46. The van der Waals surface area contributed by atoms with E-state index in [4.69, 9.17) is 10.1 Å². The van der Waals surface area contributed by atoms with Gasteiger partial charge < -0.3 is 10.6 Å². The number of aliphatic imine (C=N–C) groups is 1. The van der Waals surface area contributed by atoms with Crippen molar-refractivity contribution in [1.29, 1.82) is 0 Å². The third-order valence-corrected chi connectivity index (χ3v) is 5.74. The first-order valence-electron chi connectivity index (χ1n) is 10.1. The van der Waals surface area contributed by atoms with Crippen molar-refractivity contribution >= 4 is 5.96 Å². The van der Waals surface area contributed by atoms with Crippen LogP contribution in [0.4, 0.5) is 0 Å². The number of guanidine groups is 1. The lowest BCUT2D eigenvalue weighted by atomic mass is 9.89. The fourth-order valence-corrected chi connectivity index (χ4v) is 4.07. The average molecular weight is 346 g/mol. The number of nitrogens with zero attached hydrogens (tertiary/aromatic N) is 3. The van der Waals surface area contributed by atoms with Gasteiger partial charge in [0.25, 0.3) is 0 Å². The van der Waals surface area contributed by atoms with Gasteiger partial charge in [0, 0.05) is 37.8 Å². The number of hydrogen-bond donors (Lipinski definition) is 2. The molecule has 0 bridgehead atoms. The van der Waals surface area contributed by atoms with Gasteiger partial charge in [-0.25, -0.2) is 0 Å². The molecule has 1 aromatic rings. The van der Waals surface area contributed by atoms with Crippen LogP contribution in [0.25, 0.3) is 0 Å². The molecule has 1 fully saturated rings. The van der Waals surface area contributed by atoms with E-state index in [1.807, 2.05) is 0 Å². The third kappa shape index (κ3) is 4.56. The minimum Gasteiger partial charge on any atom is -0.357 e. The lowest BCUT2D eigenvalue weighted by molar-refractivity contribution is 0.350. The fourth-order valence-electron chi connectivity index (χ4n) is 4.07. The molecule has 1 saturated carbocycles. The first-order chi connectivity index (χ1) is 12.0. The summed E-state index contributed by atoms with van der Waals surface area (Å²) in [6, 6.07) is 0.861. The average Bonchev–Trinajstić information content (AvgIpc) is 3.19. The van der Waals surface area contributed by atoms with E-state index in [0.717, 1.165) is 38.3 Å². The highest BCUT2D eigenvalue weighted by atomic mass is 15.3. The van der Waals surface area contributed by atoms with Crippen LogP contribution in [0.5, 0.6) is 0 Å². The molecule has 0 radical (unpaired) electrons. The van der Waals surface area contributed by atoms with Crippen molar-refractivity contribution in [3.05, 3.63) is 17.5 Å². The number of aryl methyl sites for hydroxylation is 1. The molecule has 25 heavy (non-hydrogen) atoms. The Morgan fingerprint density at radius 3 is 2.84 bits per heavy atom. The van der Waals surface area contributed by atoms with Gasteiger partial charge in [-0.15, -0.1) is 0 Å². The first kappa shape index (κ1) is 18.3. The van der Waals surface area contributed by atoms with E-state index in [1.165, 1.54) is 36.9 Å². The molecule has 0 aromatic carbocycles. The highest BCUT2D eigenvalue weighted by Crippen LogP contribution is 2.37. The van der Waals surface area contributed by atoms with Crippen LogP contribution in [-0.2, 0) is 12.8 Å². The van der Waals surface area contributed by atoms with Gasteiger partial charge in [-0.2, -0.15) is 5.10 Å². The minimum atomic E-state index is 0.401. The van der Waals surface area contributed by atoms with Crippen molar-refractivity contribution < 1.29 is 0 Å². The van der Waals surface area contributed by atoms with Crippen LogP contribution < -0.4 is 10.6 Å². The maximum absolute atomic E-state index is 4.92. The molecule has 140 valence electrons. The zero-order valence-corrected chi connectivity index (χ0v) is 16.4. The van der Waals surface area contributed by atoms with Crippen molar-refractivity contribution in [2.45, 2.75) is 84.7 Å². The van der Waals surface area contributed by atoms with E-state index in [1.54, 1.807) is 0 Å². The molecule has 1 heterocycles. The Balaban J connectivity index is 1.62. The Morgan fingerprint density at radius 2 is 2.16 bits per heavy atom. The third-order valence-electron chi connectivity index (χ3n) is 5.74. The summed E-state index contributed by atoms with van der Waals surface area (Å²) >= 11 is 0. The zero-order valence-electron chi connectivity index (χ0n) is 16.4. The number of hydrogen-bond acceptors (Lipinski definition) is 2. The second-order valence-electron chi connectivity index (χ2n) is 8.47. The fraction of sp³-hybridized carbons (Fsp3) is 0.800. The maximum atomic E-state index is 4.92. The molecule has 2 aliphatic rings. The molecule has 5 heteroatoms. The summed E-state index contributed by atoms with van der Waals surface area (Å²) in [5.41, 5.74) is 3.08. The molecule has 0 saturated heterocycles. The number of rotatable bonds is 5. The summed E-state index contributed by atoms with van der Waals surface area (Å²) in [6.07, 6.45) is 10.8. The van der Waals surface area contributed by atoms with Gasteiger partial charge in [-0.1, -0.05) is 19.8 Å². The first-order valence-corrected chi connectivity index (χ1v) is 10.1. The number of fused-ring (bicyclic) bond motifs is 1. The molecule has 1 unspecified atom stereocenters. The van der Waals surface area contributed by atoms with E-state index in [9.17, 15) is 0 Å². The van der Waals surface area contributed by atoms with E-state index in [-0.39, 0.29) is 0 Å². The molecule has 0 aliphatic heterocycles. The number of aromatic nitrogens is 2. The highest BCUT2D eigenvalue weighted by Gasteiger charge is 2.29. The SMILES string of the molecule is CCNC(=NCC1(C)CCCC1)NC1CCc2cn(C(C)C)nc2C1. The molecule has 1 atom stereocenters. The normalized spacial score (nSPS) is 22.9. The maximum Gasteiger partial charge on any atom is 0.191 e. The van der Waals surface area contributed by atoms with E-state index in [0.29, 0.717) is 17.5 Å². The van der Waals surface area contributed by atoms with Crippen molar-refractivity contribution in [2.75, 3.05) is 13.1 Å². The zero-order chi connectivity index (χ0) is 17.9. The van der Waals surface area contributed by atoms with Gasteiger partial charge in [0.1, 0.15) is 0 Å². The predicted molar refractivity (Wildman–Crippen MR) is 104 cm³/mol. The minimum absolute atomic E-state index is 0.401. The van der Waals surface area contributed by atoms with Crippen molar-refractivity contribution in [3.8, 4) is 0 Å². The number of nitrogens with one attached hydrogen (secondary N) is 2. The molecule has 2 aliphatic carbocycles. The van der Waals surface area contributed by atoms with Crippen LogP contribution >= 0.6 is 0 Å². The topological polar surface area (TPSA) is 54.2 Å². The van der Waals surface area contributed by atoms with Gasteiger partial charge in [-0.3, -0.25) is 9.67 Å². The lowest BCUT2D eigenvalue weighted by Gasteiger charge is -2.26. The smallest absolute Gasteiger partial charge is 0.191 e. The second-order valence-corrected chi connectivity index (χ2v) is 8.47. The van der Waals surface area contributed by atoms with E-state index < -0.39 is 0 Å². The Hall–Kier alpha value is -1.52. The standard InChI is InChI=1S/C20H35N5/c1-5-21-19(22-14-20(4)10-6-7-11-20)23-17-9-8-16-13-25(15(2)3)24-18(16)12-17/h13,15,17H,5-12,14H2,1-4H3,(H2,21,22,23). The summed E-state index contributed by atoms with van der Waals surface area (Å²) in [7, 11) is 0. The second kappa shape index (κ2) is 7.79. The van der Waals surface area contributed by atoms with Crippen LogP contribution in [0.1, 0.15) is 77.1 Å². The predicted octanol–water partition coefficient (Wildman–Crippen LogP) is 3.46. The summed E-state index contributed by atoms with van der Waals surface area (Å²) in [5, 5.41) is 11.9. The van der Waals surface area contributed by atoms with Gasteiger partial charge in [0.15, 0.2) is 5.96 Å². The Bertz CT molecular complexity index is 595. The molecule has 0 amide bonds. The van der Waals surface area contributed by atoms with Crippen LogP contribution in [0.15, 0.2) is 11.2 Å². The van der Waals surface area contributed by atoms with Crippen LogP contribution in [0, 0.1) is 5.41 Å². The van der Waals surface area contributed by atoms with Crippen molar-refractivity contribution in [1.82, 2.24) is 20.4 Å². The quantitative estimate of drug-likeness (QED) is 0.635. The van der Waals surface area contributed by atoms with Crippen LogP contribution in [0.2, 0.25) is 0 Å². The highest BCUT2D eigenvalue weighted by molar-refractivity contribution is 5.80. The van der Waals surface area contributed by atoms with Crippen molar-refractivity contribution in [3.63, 3.8) is 0 Å². The molecular weight excluding hydrogens is 310 g/mol. The Kier molecular flexibility index (Phi) is 5.70. The summed E-state index contributed by atoms with van der Waals surface area (Å²) in [4.78, 5) is 4.92. The molecule has 1 aromatic heterocycles. The van der Waals surface area contributed by atoms with E-state index >= 15 is 0 Å². The van der Waals surface area contributed by atoms with Gasteiger partial charge in [0.2, 0.25) is 0 Å². The Morgan fingerprint density at radius 1 is 1.40 bits per heavy atom. The van der Waals surface area contributed by atoms with Crippen LogP contribution in [-0.4, -0.2) is 34.9 Å². The van der Waals surface area contributed by atoms with Gasteiger partial charge in [-0.05, 0) is 57.4 Å². The van der Waals surface area contributed by atoms with Crippen molar-refractivity contribution in [2.24, 2.45) is 10.4 Å². The van der Waals surface area contributed by atoms with Crippen LogP contribution in [0.3, 0.4) is 0 Å². The van der Waals surface area contributed by atoms with E-state index in [2.05, 4.69) is 49.2 Å². The molecule has 3 rings (SSSR count). The summed E-state index contributed by atoms with van der Waals surface area (Å²) < 4.78 is 2.10. The monoisotopic (exact) mass is 345 g/mol. The molecule has 2 N–H and O–H groups in total. The summed E-state index contributed by atoms with van der Waals surface area (Å²) in [5.74, 6) is 0.979. The van der Waals surface area contributed by atoms with Gasteiger partial charge >= 0.3 is 0 Å². The molecule has 5 nitrogen and oxygen atoms in total. The molecular formula is C20H35N5. The molecule has 0 spiro atoms. The Labute approximate surface area is 152 Å².